The number of aromatic nitrogens is 1. The zero-order chi connectivity index (χ0) is 19.4. The molecular formula is C20H25N3O3S. The Morgan fingerprint density at radius 2 is 2.07 bits per heavy atom. The molecule has 7 heteroatoms. The molecule has 2 aromatic rings. The van der Waals surface area contributed by atoms with E-state index in [9.17, 15) is 9.90 Å². The number of ether oxygens (including phenoxy) is 1. The molecule has 1 atom stereocenters. The number of carbonyl (C=O) groups is 1. The molecule has 0 bridgehead atoms. The summed E-state index contributed by atoms with van der Waals surface area (Å²) in [5, 5.41) is 14.2. The van der Waals surface area contributed by atoms with Crippen molar-refractivity contribution in [1.29, 1.82) is 0 Å². The van der Waals surface area contributed by atoms with Gasteiger partial charge in [0.2, 0.25) is 5.91 Å². The molecule has 1 aliphatic rings. The van der Waals surface area contributed by atoms with Crippen molar-refractivity contribution >= 4 is 17.9 Å². The van der Waals surface area contributed by atoms with E-state index in [4.69, 9.17) is 4.74 Å². The van der Waals surface area contributed by atoms with Crippen molar-refractivity contribution < 1.29 is 14.6 Å². The molecule has 0 spiro atoms. The van der Waals surface area contributed by atoms with E-state index >= 15 is 0 Å². The lowest BCUT2D eigenvalue weighted by Crippen LogP contribution is -2.35. The second-order valence-electron chi connectivity index (χ2n) is 6.52. The number of aryl methyl sites for hydroxylation is 2. The first-order chi connectivity index (χ1) is 13.0. The standard InChI is InChI=1S/C20H25N3O3S/c1-4-26-16-7-5-15(6-8-16)9-10-21-17(24)12-23-20(25)18-13(2)11-14(3)22-19(18)27-23/h5-8,11,20,25H,4,9-10,12H2,1-3H3,(H,21,24). The number of nitrogens with one attached hydrogen (secondary N) is 1. The summed E-state index contributed by atoms with van der Waals surface area (Å²) < 4.78 is 7.09. The molecule has 0 fully saturated rings. The Morgan fingerprint density at radius 3 is 2.78 bits per heavy atom. The highest BCUT2D eigenvalue weighted by atomic mass is 32.2. The highest BCUT2D eigenvalue weighted by molar-refractivity contribution is 7.97. The second kappa shape index (κ2) is 8.73. The number of benzene rings is 1. The zero-order valence-corrected chi connectivity index (χ0v) is 16.7. The number of fused-ring (bicyclic) bond motifs is 1. The lowest BCUT2D eigenvalue weighted by Gasteiger charge is -2.18. The van der Waals surface area contributed by atoms with Crippen molar-refractivity contribution in [1.82, 2.24) is 14.6 Å². The predicted molar refractivity (Wildman–Crippen MR) is 106 cm³/mol. The van der Waals surface area contributed by atoms with Crippen LogP contribution in [0.1, 0.15) is 35.5 Å². The van der Waals surface area contributed by atoms with Gasteiger partial charge in [0, 0.05) is 17.8 Å². The average molecular weight is 388 g/mol. The van der Waals surface area contributed by atoms with E-state index in [1.54, 1.807) is 4.31 Å². The molecule has 2 heterocycles. The smallest absolute Gasteiger partial charge is 0.235 e. The number of rotatable bonds is 7. The van der Waals surface area contributed by atoms with Gasteiger partial charge in [-0.25, -0.2) is 9.29 Å². The highest BCUT2D eigenvalue weighted by Gasteiger charge is 2.33. The Balaban J connectivity index is 1.48. The summed E-state index contributed by atoms with van der Waals surface area (Å²) in [6.45, 7) is 7.15. The topological polar surface area (TPSA) is 74.7 Å². The van der Waals surface area contributed by atoms with Gasteiger partial charge in [0.05, 0.1) is 13.2 Å². The lowest BCUT2D eigenvalue weighted by molar-refractivity contribution is -0.122. The van der Waals surface area contributed by atoms with E-state index in [-0.39, 0.29) is 12.5 Å². The van der Waals surface area contributed by atoms with Crippen LogP contribution in [0.15, 0.2) is 35.4 Å². The quantitative estimate of drug-likeness (QED) is 0.712. The molecule has 1 aromatic heterocycles. The highest BCUT2D eigenvalue weighted by Crippen LogP contribution is 2.42. The molecule has 0 aliphatic carbocycles. The number of aliphatic hydroxyl groups is 1. The van der Waals surface area contributed by atoms with Crippen molar-refractivity contribution in [3.05, 3.63) is 52.7 Å². The molecule has 1 aliphatic heterocycles. The maximum absolute atomic E-state index is 12.3. The Hall–Kier alpha value is -2.09. The first-order valence-electron chi connectivity index (χ1n) is 9.07. The fraction of sp³-hybridized carbons (Fsp3) is 0.400. The summed E-state index contributed by atoms with van der Waals surface area (Å²) >= 11 is 1.33. The maximum Gasteiger partial charge on any atom is 0.235 e. The van der Waals surface area contributed by atoms with Crippen LogP contribution in [0, 0.1) is 13.8 Å². The van der Waals surface area contributed by atoms with E-state index in [2.05, 4.69) is 10.3 Å². The number of hydrogen-bond acceptors (Lipinski definition) is 6. The van der Waals surface area contributed by atoms with Crippen LogP contribution in [0.3, 0.4) is 0 Å². The van der Waals surface area contributed by atoms with Crippen LogP contribution in [0.4, 0.5) is 0 Å². The Morgan fingerprint density at radius 1 is 1.33 bits per heavy atom. The van der Waals surface area contributed by atoms with Crippen molar-refractivity contribution in [3.8, 4) is 5.75 Å². The van der Waals surface area contributed by atoms with Crippen LogP contribution in [0.25, 0.3) is 0 Å². The molecule has 2 N–H and O–H groups in total. The van der Waals surface area contributed by atoms with Gasteiger partial charge in [-0.15, -0.1) is 0 Å². The summed E-state index contributed by atoms with van der Waals surface area (Å²) in [7, 11) is 0. The molecule has 1 amide bonds. The predicted octanol–water partition coefficient (Wildman–Crippen LogP) is 2.77. The van der Waals surface area contributed by atoms with Crippen molar-refractivity contribution in [2.24, 2.45) is 0 Å². The molecule has 1 aromatic carbocycles. The van der Waals surface area contributed by atoms with Gasteiger partial charge < -0.3 is 15.2 Å². The van der Waals surface area contributed by atoms with Crippen molar-refractivity contribution in [2.75, 3.05) is 19.7 Å². The monoisotopic (exact) mass is 387 g/mol. The van der Waals surface area contributed by atoms with Gasteiger partial charge >= 0.3 is 0 Å². The SMILES string of the molecule is CCOc1ccc(CCNC(=O)CN2Sc3nc(C)cc(C)c3C2O)cc1. The molecular weight excluding hydrogens is 362 g/mol. The molecule has 3 rings (SSSR count). The zero-order valence-electron chi connectivity index (χ0n) is 15.9. The maximum atomic E-state index is 12.3. The average Bonchev–Trinajstić information content (AvgIpc) is 2.92. The number of pyridine rings is 1. The normalized spacial score (nSPS) is 16.2. The van der Waals surface area contributed by atoms with Gasteiger partial charge in [-0.2, -0.15) is 0 Å². The number of hydrogen-bond donors (Lipinski definition) is 2. The number of nitrogens with zero attached hydrogens (tertiary/aromatic N) is 2. The Bertz CT molecular complexity index is 811. The molecule has 144 valence electrons. The molecule has 0 radical (unpaired) electrons. The van der Waals surface area contributed by atoms with Gasteiger partial charge in [0.25, 0.3) is 0 Å². The van der Waals surface area contributed by atoms with Gasteiger partial charge in [0.1, 0.15) is 17.0 Å². The number of amides is 1. The molecule has 6 nitrogen and oxygen atoms in total. The Labute approximate surface area is 164 Å². The third-order valence-corrected chi connectivity index (χ3v) is 5.41. The molecule has 0 saturated heterocycles. The van der Waals surface area contributed by atoms with Gasteiger partial charge in [-0.3, -0.25) is 4.79 Å². The van der Waals surface area contributed by atoms with Crippen molar-refractivity contribution in [2.45, 2.75) is 38.4 Å². The summed E-state index contributed by atoms with van der Waals surface area (Å²) in [5.74, 6) is 0.735. The Kier molecular flexibility index (Phi) is 6.36. The number of aliphatic hydroxyl groups excluding tert-OH is 1. The minimum absolute atomic E-state index is 0.115. The summed E-state index contributed by atoms with van der Waals surface area (Å²) in [6, 6.07) is 9.83. The van der Waals surface area contributed by atoms with Crippen LogP contribution in [-0.2, 0) is 11.2 Å². The van der Waals surface area contributed by atoms with Gasteiger partial charge in [-0.1, -0.05) is 12.1 Å². The second-order valence-corrected chi connectivity index (χ2v) is 7.55. The molecule has 1 unspecified atom stereocenters. The third-order valence-electron chi connectivity index (χ3n) is 4.36. The van der Waals surface area contributed by atoms with Crippen molar-refractivity contribution in [3.63, 3.8) is 0 Å². The number of carbonyl (C=O) groups excluding carboxylic acids is 1. The van der Waals surface area contributed by atoms with Crippen LogP contribution < -0.4 is 10.1 Å². The lowest BCUT2D eigenvalue weighted by atomic mass is 10.1. The van der Waals surface area contributed by atoms with E-state index in [1.807, 2.05) is 51.1 Å². The molecule has 27 heavy (non-hydrogen) atoms. The summed E-state index contributed by atoms with van der Waals surface area (Å²) in [6.07, 6.45) is -0.0662. The van der Waals surface area contributed by atoms with Crippen LogP contribution >= 0.6 is 11.9 Å². The summed E-state index contributed by atoms with van der Waals surface area (Å²) in [5.41, 5.74) is 3.84. The van der Waals surface area contributed by atoms with Gasteiger partial charge in [-0.05, 0) is 68.5 Å². The largest absolute Gasteiger partial charge is 0.494 e. The first-order valence-corrected chi connectivity index (χ1v) is 9.84. The first kappa shape index (κ1) is 19.7. The van der Waals surface area contributed by atoms with E-state index in [0.29, 0.717) is 13.2 Å². The van der Waals surface area contributed by atoms with E-state index in [0.717, 1.165) is 39.6 Å². The van der Waals surface area contributed by atoms with Crippen LogP contribution in [-0.4, -0.2) is 40.0 Å². The minimum atomic E-state index is -0.810. The fourth-order valence-corrected chi connectivity index (χ4v) is 4.24. The van der Waals surface area contributed by atoms with E-state index in [1.165, 1.54) is 11.9 Å². The van der Waals surface area contributed by atoms with E-state index < -0.39 is 6.23 Å². The van der Waals surface area contributed by atoms with Gasteiger partial charge in [0.15, 0.2) is 0 Å². The molecule has 0 saturated carbocycles. The third kappa shape index (κ3) is 4.80. The van der Waals surface area contributed by atoms with Crippen LogP contribution in [0.5, 0.6) is 5.75 Å². The summed E-state index contributed by atoms with van der Waals surface area (Å²) in [4.78, 5) is 16.7. The minimum Gasteiger partial charge on any atom is -0.494 e. The van der Waals surface area contributed by atoms with Crippen LogP contribution in [0.2, 0.25) is 0 Å². The fourth-order valence-electron chi connectivity index (χ4n) is 3.08.